The molecule has 170 valence electrons. The molecule has 0 bridgehead atoms. The van der Waals surface area contributed by atoms with E-state index in [1.165, 1.54) is 4.57 Å². The van der Waals surface area contributed by atoms with Gasteiger partial charge in [0.1, 0.15) is 11.6 Å². The number of hydrogen-bond acceptors (Lipinski definition) is 5. The number of rotatable bonds is 9. The Kier molecular flexibility index (Phi) is 7.04. The van der Waals surface area contributed by atoms with Crippen molar-refractivity contribution < 1.29 is 9.53 Å². The van der Waals surface area contributed by atoms with Crippen molar-refractivity contribution in [3.8, 4) is 11.4 Å². The molecule has 33 heavy (non-hydrogen) atoms. The van der Waals surface area contributed by atoms with Crippen molar-refractivity contribution >= 4 is 23.2 Å². The normalized spacial score (nSPS) is 11.0. The van der Waals surface area contributed by atoms with Gasteiger partial charge >= 0.3 is 5.56 Å². The summed E-state index contributed by atoms with van der Waals surface area (Å²) in [7, 11) is 0. The Hall–Kier alpha value is -3.65. The number of aryl methyl sites for hydroxylation is 1. The topological polar surface area (TPSA) is 90.5 Å². The lowest BCUT2D eigenvalue weighted by atomic mass is 10.2. The molecule has 0 saturated heterocycles. The number of halogens is 1. The van der Waals surface area contributed by atoms with Crippen molar-refractivity contribution in [1.29, 1.82) is 0 Å². The second-order valence-corrected chi connectivity index (χ2v) is 7.90. The molecule has 0 fully saturated rings. The number of hydrogen-bond donors (Lipinski definition) is 1. The van der Waals surface area contributed by atoms with Crippen molar-refractivity contribution in [3.63, 3.8) is 0 Å². The molecule has 0 atom stereocenters. The van der Waals surface area contributed by atoms with Crippen LogP contribution in [0, 0.1) is 0 Å². The number of benzene rings is 2. The molecule has 0 radical (unpaired) electrons. The average Bonchev–Trinajstić information content (AvgIpc) is 3.24. The molecular formula is C24H24ClN5O3. The zero-order chi connectivity index (χ0) is 23.2. The van der Waals surface area contributed by atoms with E-state index < -0.39 is 0 Å². The van der Waals surface area contributed by atoms with Gasteiger partial charge in [-0.05, 0) is 55.3 Å². The third-order valence-corrected chi connectivity index (χ3v) is 5.43. The number of carbonyl (C=O) groups excluding carboxylic acids is 1. The molecule has 8 nitrogen and oxygen atoms in total. The minimum atomic E-state index is -0.263. The number of ether oxygens (including phenoxy) is 1. The lowest BCUT2D eigenvalue weighted by Crippen LogP contribution is -2.22. The van der Waals surface area contributed by atoms with E-state index >= 15 is 0 Å². The summed E-state index contributed by atoms with van der Waals surface area (Å²) >= 11 is 5.87. The Morgan fingerprint density at radius 3 is 2.55 bits per heavy atom. The van der Waals surface area contributed by atoms with Gasteiger partial charge < -0.3 is 10.1 Å². The van der Waals surface area contributed by atoms with Gasteiger partial charge in [-0.3, -0.25) is 18.6 Å². The monoisotopic (exact) mass is 465 g/mol. The molecule has 0 aliphatic carbocycles. The Morgan fingerprint density at radius 1 is 1.06 bits per heavy atom. The fraction of sp³-hybridized carbons (Fsp3) is 0.250. The number of aromatic nitrogens is 4. The molecule has 0 saturated carbocycles. The highest BCUT2D eigenvalue weighted by Gasteiger charge is 2.12. The molecular weight excluding hydrogens is 442 g/mol. The summed E-state index contributed by atoms with van der Waals surface area (Å²) in [5.74, 6) is 1.35. The minimum Gasteiger partial charge on any atom is -0.494 e. The van der Waals surface area contributed by atoms with E-state index in [1.54, 1.807) is 28.9 Å². The Bertz CT molecular complexity index is 1300. The summed E-state index contributed by atoms with van der Waals surface area (Å²) in [5.41, 5.74) is 1.68. The molecule has 0 spiro atoms. The first-order valence-corrected chi connectivity index (χ1v) is 11.1. The maximum atomic E-state index is 12.9. The third-order valence-electron chi connectivity index (χ3n) is 5.17. The van der Waals surface area contributed by atoms with Crippen molar-refractivity contribution in [2.75, 3.05) is 6.61 Å². The average molecular weight is 466 g/mol. The second-order valence-electron chi connectivity index (χ2n) is 7.47. The molecule has 2 aromatic carbocycles. The van der Waals surface area contributed by atoms with Crippen LogP contribution in [0.5, 0.6) is 5.75 Å². The molecule has 0 aliphatic heterocycles. The highest BCUT2D eigenvalue weighted by atomic mass is 35.5. The fourth-order valence-corrected chi connectivity index (χ4v) is 3.60. The predicted octanol–water partition coefficient (Wildman–Crippen LogP) is 3.57. The summed E-state index contributed by atoms with van der Waals surface area (Å²) < 4.78 is 8.65. The SMILES string of the molecule is CCOc1ccc(-n2ccn3c(CCCC(=O)NCc4ccc(Cl)cc4)nnc3c2=O)cc1. The molecule has 4 aromatic rings. The van der Waals surface area contributed by atoms with Gasteiger partial charge in [-0.2, -0.15) is 0 Å². The molecule has 1 amide bonds. The maximum absolute atomic E-state index is 12.9. The van der Waals surface area contributed by atoms with Crippen LogP contribution in [0.4, 0.5) is 0 Å². The van der Waals surface area contributed by atoms with Gasteiger partial charge in [-0.15, -0.1) is 10.2 Å². The molecule has 0 unspecified atom stereocenters. The first kappa shape index (κ1) is 22.5. The van der Waals surface area contributed by atoms with E-state index in [-0.39, 0.29) is 17.1 Å². The van der Waals surface area contributed by atoms with Crippen LogP contribution in [0.25, 0.3) is 11.3 Å². The summed E-state index contributed by atoms with van der Waals surface area (Å²) in [4.78, 5) is 25.1. The summed E-state index contributed by atoms with van der Waals surface area (Å²) in [6.07, 6.45) is 4.93. The smallest absolute Gasteiger partial charge is 0.300 e. The standard InChI is InChI=1S/C24H24ClN5O3/c1-2-33-20-12-10-19(11-13-20)29-14-15-30-21(27-28-23(30)24(29)32)4-3-5-22(31)26-16-17-6-8-18(25)9-7-17/h6-15H,2-5,16H2,1H3,(H,26,31). The number of amides is 1. The van der Waals surface area contributed by atoms with E-state index in [2.05, 4.69) is 15.5 Å². The predicted molar refractivity (Wildman–Crippen MR) is 126 cm³/mol. The van der Waals surface area contributed by atoms with Gasteiger partial charge in [0.15, 0.2) is 0 Å². The van der Waals surface area contributed by atoms with E-state index in [4.69, 9.17) is 16.3 Å². The van der Waals surface area contributed by atoms with Crippen LogP contribution in [-0.2, 0) is 17.8 Å². The van der Waals surface area contributed by atoms with E-state index in [0.29, 0.717) is 48.9 Å². The Labute approximate surface area is 195 Å². The van der Waals surface area contributed by atoms with Gasteiger partial charge in [0, 0.05) is 42.5 Å². The van der Waals surface area contributed by atoms with Gasteiger partial charge in [-0.1, -0.05) is 23.7 Å². The quantitative estimate of drug-likeness (QED) is 0.408. The first-order valence-electron chi connectivity index (χ1n) is 10.7. The zero-order valence-corrected chi connectivity index (χ0v) is 19.0. The van der Waals surface area contributed by atoms with Crippen molar-refractivity contribution in [3.05, 3.63) is 87.7 Å². The van der Waals surface area contributed by atoms with E-state index in [1.807, 2.05) is 43.3 Å². The molecule has 2 aromatic heterocycles. The highest BCUT2D eigenvalue weighted by Crippen LogP contribution is 2.15. The maximum Gasteiger partial charge on any atom is 0.300 e. The molecule has 0 aliphatic rings. The summed E-state index contributed by atoms with van der Waals surface area (Å²) in [5, 5.41) is 11.8. The van der Waals surface area contributed by atoms with Gasteiger partial charge in [0.25, 0.3) is 0 Å². The molecule has 2 heterocycles. The molecule has 1 N–H and O–H groups in total. The second kappa shape index (κ2) is 10.3. The lowest BCUT2D eigenvalue weighted by Gasteiger charge is -2.08. The van der Waals surface area contributed by atoms with E-state index in [0.717, 1.165) is 11.3 Å². The minimum absolute atomic E-state index is 0.0448. The van der Waals surface area contributed by atoms with Crippen LogP contribution in [0.3, 0.4) is 0 Å². The third kappa shape index (κ3) is 5.40. The zero-order valence-electron chi connectivity index (χ0n) is 18.2. The van der Waals surface area contributed by atoms with Gasteiger partial charge in [0.2, 0.25) is 11.6 Å². The summed E-state index contributed by atoms with van der Waals surface area (Å²) in [6.45, 7) is 2.95. The van der Waals surface area contributed by atoms with Crippen LogP contribution in [0.1, 0.15) is 31.2 Å². The van der Waals surface area contributed by atoms with Crippen LogP contribution >= 0.6 is 11.6 Å². The van der Waals surface area contributed by atoms with E-state index in [9.17, 15) is 9.59 Å². The van der Waals surface area contributed by atoms with Crippen molar-refractivity contribution in [1.82, 2.24) is 24.5 Å². The highest BCUT2D eigenvalue weighted by molar-refractivity contribution is 6.30. The van der Waals surface area contributed by atoms with Gasteiger partial charge in [0.05, 0.1) is 6.61 Å². The lowest BCUT2D eigenvalue weighted by molar-refractivity contribution is -0.121. The molecule has 9 heteroatoms. The Morgan fingerprint density at radius 2 is 1.82 bits per heavy atom. The van der Waals surface area contributed by atoms with Crippen LogP contribution in [0.2, 0.25) is 5.02 Å². The Balaban J connectivity index is 1.37. The number of nitrogens with one attached hydrogen (secondary N) is 1. The summed E-state index contributed by atoms with van der Waals surface area (Å²) in [6, 6.07) is 14.6. The largest absolute Gasteiger partial charge is 0.494 e. The first-order chi connectivity index (χ1) is 16.0. The van der Waals surface area contributed by atoms with Crippen molar-refractivity contribution in [2.24, 2.45) is 0 Å². The van der Waals surface area contributed by atoms with Gasteiger partial charge in [-0.25, -0.2) is 0 Å². The van der Waals surface area contributed by atoms with Crippen LogP contribution in [0.15, 0.2) is 65.7 Å². The van der Waals surface area contributed by atoms with Crippen LogP contribution in [-0.4, -0.2) is 31.7 Å². The fourth-order valence-electron chi connectivity index (χ4n) is 3.48. The van der Waals surface area contributed by atoms with Crippen LogP contribution < -0.4 is 15.6 Å². The number of carbonyl (C=O) groups is 1. The number of nitrogens with zero attached hydrogens (tertiary/aromatic N) is 4. The number of fused-ring (bicyclic) bond motifs is 1. The van der Waals surface area contributed by atoms with Crippen molar-refractivity contribution in [2.45, 2.75) is 32.7 Å². The molecule has 4 rings (SSSR count).